The third-order valence-corrected chi connectivity index (χ3v) is 3.51. The van der Waals surface area contributed by atoms with Crippen molar-refractivity contribution in [2.75, 3.05) is 10.6 Å². The quantitative estimate of drug-likeness (QED) is 0.677. The molecular formula is C17H12BN5. The first-order chi connectivity index (χ1) is 11.3. The fraction of sp³-hybridized carbons (Fsp3) is 0. The number of fused-ring (bicyclic) bond motifs is 3. The van der Waals surface area contributed by atoms with E-state index in [1.165, 1.54) is 0 Å². The Morgan fingerprint density at radius 1 is 0.783 bits per heavy atom. The van der Waals surface area contributed by atoms with E-state index in [-0.39, 0.29) is 0 Å². The Kier molecular flexibility index (Phi) is 3.27. The second-order valence-electron chi connectivity index (χ2n) is 5.07. The first kappa shape index (κ1) is 13.5. The van der Waals surface area contributed by atoms with Crippen LogP contribution < -0.4 is 16.1 Å². The molecule has 1 aliphatic rings. The monoisotopic (exact) mass is 297 g/mol. The molecule has 0 spiro atoms. The molecule has 1 aliphatic heterocycles. The first-order valence-electron chi connectivity index (χ1n) is 7.19. The minimum Gasteiger partial charge on any atom is -0.324 e. The van der Waals surface area contributed by atoms with Crippen LogP contribution in [0, 0.1) is 0 Å². The molecule has 0 unspecified atom stereocenters. The Balaban J connectivity index is 1.86. The van der Waals surface area contributed by atoms with Gasteiger partial charge in [0.25, 0.3) is 0 Å². The van der Waals surface area contributed by atoms with E-state index in [0.29, 0.717) is 17.1 Å². The van der Waals surface area contributed by atoms with Gasteiger partial charge in [-0.25, -0.2) is 4.99 Å². The molecule has 0 amide bonds. The van der Waals surface area contributed by atoms with Crippen LogP contribution in [0.2, 0.25) is 0 Å². The van der Waals surface area contributed by atoms with Crippen molar-refractivity contribution in [3.05, 3.63) is 60.9 Å². The van der Waals surface area contributed by atoms with E-state index in [1.807, 2.05) is 48.5 Å². The van der Waals surface area contributed by atoms with Crippen LogP contribution in [0.5, 0.6) is 0 Å². The zero-order valence-electron chi connectivity index (χ0n) is 12.2. The summed E-state index contributed by atoms with van der Waals surface area (Å²) in [6, 6.07) is 15.1. The molecule has 23 heavy (non-hydrogen) atoms. The van der Waals surface area contributed by atoms with E-state index >= 15 is 0 Å². The molecule has 3 heterocycles. The van der Waals surface area contributed by atoms with Gasteiger partial charge in [-0.2, -0.15) is 0 Å². The summed E-state index contributed by atoms with van der Waals surface area (Å²) >= 11 is 0. The van der Waals surface area contributed by atoms with Gasteiger partial charge in [0.1, 0.15) is 19.2 Å². The fourth-order valence-electron chi connectivity index (χ4n) is 2.44. The van der Waals surface area contributed by atoms with Crippen LogP contribution >= 0.6 is 0 Å². The summed E-state index contributed by atoms with van der Waals surface area (Å²) in [5.41, 5.74) is 4.55. The van der Waals surface area contributed by atoms with Crippen molar-refractivity contribution in [2.45, 2.75) is 0 Å². The molecule has 1 aromatic carbocycles. The number of hydrogen-bond acceptors (Lipinski definition) is 3. The Morgan fingerprint density at radius 2 is 1.39 bits per heavy atom. The van der Waals surface area contributed by atoms with Crippen LogP contribution in [-0.2, 0) is 0 Å². The summed E-state index contributed by atoms with van der Waals surface area (Å²) < 4.78 is 0. The number of hydrogen-bond donors (Lipinski definition) is 2. The highest BCUT2D eigenvalue weighted by Crippen LogP contribution is 2.32. The average Bonchev–Trinajstić information content (AvgIpc) is 2.73. The minimum atomic E-state index is 0.573. The Hall–Kier alpha value is -3.15. The van der Waals surface area contributed by atoms with Gasteiger partial charge in [0, 0.05) is 12.4 Å². The molecule has 108 valence electrons. The second kappa shape index (κ2) is 5.57. The molecule has 2 aromatic heterocycles. The lowest BCUT2D eigenvalue weighted by Crippen LogP contribution is -2.21. The number of benzene rings is 1. The van der Waals surface area contributed by atoms with Gasteiger partial charge in [-0.3, -0.25) is 9.97 Å². The largest absolute Gasteiger partial charge is 0.324 e. The van der Waals surface area contributed by atoms with Crippen LogP contribution in [0.3, 0.4) is 0 Å². The van der Waals surface area contributed by atoms with Crippen molar-refractivity contribution in [1.82, 2.24) is 9.97 Å². The van der Waals surface area contributed by atoms with E-state index in [4.69, 9.17) is 7.85 Å². The highest BCUT2D eigenvalue weighted by atomic mass is 15.2. The van der Waals surface area contributed by atoms with Gasteiger partial charge in [0.2, 0.25) is 5.96 Å². The lowest BCUT2D eigenvalue weighted by molar-refractivity contribution is 1.26. The van der Waals surface area contributed by atoms with Crippen molar-refractivity contribution in [3.8, 4) is 11.4 Å². The summed E-state index contributed by atoms with van der Waals surface area (Å²) in [7, 11) is 5.98. The summed E-state index contributed by atoms with van der Waals surface area (Å²) in [6.45, 7) is 0. The van der Waals surface area contributed by atoms with Crippen molar-refractivity contribution >= 4 is 36.3 Å². The molecule has 2 radical (unpaired) electrons. The van der Waals surface area contributed by atoms with Gasteiger partial charge in [-0.1, -0.05) is 23.7 Å². The summed E-state index contributed by atoms with van der Waals surface area (Å²) in [5.74, 6) is 0.573. The van der Waals surface area contributed by atoms with Crippen LogP contribution in [-0.4, -0.2) is 23.8 Å². The van der Waals surface area contributed by atoms with Gasteiger partial charge in [-0.15, -0.1) is 0 Å². The second-order valence-corrected chi connectivity index (χ2v) is 5.07. The zero-order valence-corrected chi connectivity index (χ0v) is 12.2. The van der Waals surface area contributed by atoms with E-state index in [9.17, 15) is 0 Å². The Labute approximate surface area is 134 Å². The molecule has 4 rings (SSSR count). The number of aromatic nitrogens is 2. The third-order valence-electron chi connectivity index (χ3n) is 3.51. The predicted octanol–water partition coefficient (Wildman–Crippen LogP) is 2.46. The van der Waals surface area contributed by atoms with Gasteiger partial charge >= 0.3 is 0 Å². The van der Waals surface area contributed by atoms with Gasteiger partial charge < -0.3 is 10.6 Å². The SMILES string of the molecule is [B]c1ccccc1N=C1Nc2cccnc2-c2ncccc2N1. The van der Waals surface area contributed by atoms with E-state index in [1.54, 1.807) is 12.4 Å². The number of para-hydroxylation sites is 1. The van der Waals surface area contributed by atoms with Gasteiger partial charge in [0.15, 0.2) is 0 Å². The highest BCUT2D eigenvalue weighted by molar-refractivity contribution is 6.35. The maximum Gasteiger partial charge on any atom is 0.205 e. The number of pyridine rings is 2. The van der Waals surface area contributed by atoms with Crippen molar-refractivity contribution in [3.63, 3.8) is 0 Å². The van der Waals surface area contributed by atoms with Gasteiger partial charge in [-0.05, 0) is 30.3 Å². The minimum absolute atomic E-state index is 0.573. The summed E-state index contributed by atoms with van der Waals surface area (Å²) in [5, 5.41) is 6.53. The fourth-order valence-corrected chi connectivity index (χ4v) is 2.44. The molecule has 0 atom stereocenters. The Morgan fingerprint density at radius 3 is 2.00 bits per heavy atom. The maximum absolute atomic E-state index is 5.98. The molecule has 5 nitrogen and oxygen atoms in total. The predicted molar refractivity (Wildman–Crippen MR) is 93.6 cm³/mol. The van der Waals surface area contributed by atoms with Crippen molar-refractivity contribution in [1.29, 1.82) is 0 Å². The van der Waals surface area contributed by atoms with Crippen molar-refractivity contribution in [2.24, 2.45) is 4.99 Å². The smallest absolute Gasteiger partial charge is 0.205 e. The highest BCUT2D eigenvalue weighted by Gasteiger charge is 2.18. The van der Waals surface area contributed by atoms with E-state index < -0.39 is 0 Å². The molecule has 0 aliphatic carbocycles. The molecule has 0 saturated heterocycles. The van der Waals surface area contributed by atoms with Gasteiger partial charge in [0.05, 0.1) is 17.1 Å². The molecule has 6 heteroatoms. The molecule has 0 fully saturated rings. The topological polar surface area (TPSA) is 62.2 Å². The first-order valence-corrected chi connectivity index (χ1v) is 7.19. The number of nitrogens with zero attached hydrogens (tertiary/aromatic N) is 3. The standard InChI is InChI=1S/C17H12BN5/c18-11-5-1-2-6-12(11)21-17-22-13-7-3-9-19-15(13)16-14(23-17)8-4-10-20-16/h1-10H,(H2,21,22,23). The number of anilines is 2. The number of aliphatic imine (C=N–C) groups is 1. The summed E-state index contributed by atoms with van der Waals surface area (Å²) in [4.78, 5) is 13.5. The average molecular weight is 297 g/mol. The molecule has 0 bridgehead atoms. The normalized spacial score (nSPS) is 12.3. The van der Waals surface area contributed by atoms with Crippen molar-refractivity contribution < 1.29 is 0 Å². The van der Waals surface area contributed by atoms with Crippen LogP contribution in [0.4, 0.5) is 17.1 Å². The van der Waals surface area contributed by atoms with E-state index in [2.05, 4.69) is 25.6 Å². The molecule has 2 N–H and O–H groups in total. The molecule has 3 aromatic rings. The van der Waals surface area contributed by atoms with Crippen LogP contribution in [0.15, 0.2) is 65.9 Å². The summed E-state index contributed by atoms with van der Waals surface area (Å²) in [6.07, 6.45) is 3.49. The van der Waals surface area contributed by atoms with Crippen LogP contribution in [0.25, 0.3) is 11.4 Å². The number of rotatable bonds is 1. The van der Waals surface area contributed by atoms with Crippen LogP contribution in [0.1, 0.15) is 0 Å². The number of guanidine groups is 1. The molecular weight excluding hydrogens is 285 g/mol. The Bertz CT molecular complexity index is 857. The lowest BCUT2D eigenvalue weighted by atomic mass is 9.94. The number of nitrogens with one attached hydrogen (secondary N) is 2. The van der Waals surface area contributed by atoms with E-state index in [0.717, 1.165) is 22.8 Å². The third kappa shape index (κ3) is 2.55. The lowest BCUT2D eigenvalue weighted by Gasteiger charge is -2.10. The zero-order chi connectivity index (χ0) is 15.6. The maximum atomic E-state index is 5.98. The molecule has 0 saturated carbocycles.